The van der Waals surface area contributed by atoms with Gasteiger partial charge in [-0.05, 0) is 24.6 Å². The molecule has 106 valence electrons. The molecule has 2 aromatic rings. The van der Waals surface area contributed by atoms with Crippen molar-refractivity contribution < 1.29 is 13.9 Å². The van der Waals surface area contributed by atoms with E-state index < -0.39 is 0 Å². The zero-order valence-electron chi connectivity index (χ0n) is 11.7. The minimum absolute atomic E-state index is 0.138. The number of hydrogen-bond acceptors (Lipinski definition) is 3. The summed E-state index contributed by atoms with van der Waals surface area (Å²) in [5, 5.41) is 0. The first-order valence-corrected chi connectivity index (χ1v) is 6.39. The molecule has 0 spiro atoms. The van der Waals surface area contributed by atoms with Gasteiger partial charge >= 0.3 is 0 Å². The first kappa shape index (κ1) is 14.3. The summed E-state index contributed by atoms with van der Waals surface area (Å²) in [6.07, 6.45) is 0. The molecule has 2 aromatic carbocycles. The lowest BCUT2D eigenvalue weighted by molar-refractivity contribution is 0.279. The predicted octanol–water partition coefficient (Wildman–Crippen LogP) is 3.18. The normalized spacial score (nSPS) is 10.4. The minimum Gasteiger partial charge on any atom is -0.493 e. The van der Waals surface area contributed by atoms with Crippen LogP contribution in [0.25, 0.3) is 0 Å². The molecule has 4 heteroatoms. The van der Waals surface area contributed by atoms with Crippen LogP contribution in [0, 0.1) is 12.7 Å². The van der Waals surface area contributed by atoms with Crippen LogP contribution in [-0.4, -0.2) is 7.11 Å². The lowest BCUT2D eigenvalue weighted by atomic mass is 10.1. The Hall–Kier alpha value is -2.07. The van der Waals surface area contributed by atoms with Gasteiger partial charge in [0.2, 0.25) is 0 Å². The van der Waals surface area contributed by atoms with Crippen molar-refractivity contribution in [3.05, 3.63) is 58.9 Å². The molecule has 0 aliphatic heterocycles. The van der Waals surface area contributed by atoms with E-state index in [4.69, 9.17) is 15.2 Å². The Labute approximate surface area is 118 Å². The molecule has 0 fully saturated rings. The first-order chi connectivity index (χ1) is 9.65. The molecule has 0 saturated heterocycles. The zero-order valence-corrected chi connectivity index (χ0v) is 11.7. The predicted molar refractivity (Wildman–Crippen MR) is 76.4 cm³/mol. The number of rotatable bonds is 5. The molecule has 0 unspecified atom stereocenters. The summed E-state index contributed by atoms with van der Waals surface area (Å²) in [7, 11) is 1.58. The Balaban J connectivity index is 2.17. The first-order valence-electron chi connectivity index (χ1n) is 6.39. The highest BCUT2D eigenvalue weighted by Gasteiger charge is 2.09. The lowest BCUT2D eigenvalue weighted by Gasteiger charge is -2.12. The van der Waals surface area contributed by atoms with Crippen LogP contribution in [0.15, 0.2) is 36.4 Å². The van der Waals surface area contributed by atoms with Crippen LogP contribution in [0.5, 0.6) is 11.5 Å². The number of methoxy groups -OCH3 is 1. The molecule has 0 aliphatic rings. The Bertz CT molecular complexity index is 599. The molecule has 20 heavy (non-hydrogen) atoms. The second-order valence-electron chi connectivity index (χ2n) is 4.54. The smallest absolute Gasteiger partial charge is 0.161 e. The molecule has 0 atom stereocenters. The fourth-order valence-corrected chi connectivity index (χ4v) is 1.95. The molecule has 0 radical (unpaired) electrons. The van der Waals surface area contributed by atoms with Crippen molar-refractivity contribution in [2.45, 2.75) is 20.1 Å². The SMILES string of the molecule is COc1cc(C)ccc1OCc1cccc(CN)c1F. The van der Waals surface area contributed by atoms with Crippen molar-refractivity contribution in [2.75, 3.05) is 7.11 Å². The molecule has 0 heterocycles. The molecule has 2 N–H and O–H groups in total. The van der Waals surface area contributed by atoms with E-state index in [9.17, 15) is 4.39 Å². The van der Waals surface area contributed by atoms with Gasteiger partial charge in [-0.15, -0.1) is 0 Å². The van der Waals surface area contributed by atoms with Gasteiger partial charge in [-0.25, -0.2) is 4.39 Å². The van der Waals surface area contributed by atoms with E-state index in [1.165, 1.54) is 0 Å². The second kappa shape index (κ2) is 6.39. The zero-order chi connectivity index (χ0) is 14.5. The third-order valence-corrected chi connectivity index (χ3v) is 3.08. The number of nitrogens with two attached hydrogens (primary N) is 1. The fraction of sp³-hybridized carbons (Fsp3) is 0.250. The highest BCUT2D eigenvalue weighted by molar-refractivity contribution is 5.42. The summed E-state index contributed by atoms with van der Waals surface area (Å²) >= 11 is 0. The molecule has 0 aromatic heterocycles. The maximum Gasteiger partial charge on any atom is 0.161 e. The third-order valence-electron chi connectivity index (χ3n) is 3.08. The van der Waals surface area contributed by atoms with E-state index in [2.05, 4.69) is 0 Å². The monoisotopic (exact) mass is 275 g/mol. The molecule has 3 nitrogen and oxygen atoms in total. The summed E-state index contributed by atoms with van der Waals surface area (Å²) in [5.41, 5.74) is 7.53. The van der Waals surface area contributed by atoms with Gasteiger partial charge in [-0.2, -0.15) is 0 Å². The molecular formula is C16H18FNO2. The standard InChI is InChI=1S/C16H18FNO2/c1-11-6-7-14(15(8-11)19-2)20-10-13-5-3-4-12(9-18)16(13)17/h3-8H,9-10,18H2,1-2H3. The Kier molecular flexibility index (Phi) is 4.58. The fourth-order valence-electron chi connectivity index (χ4n) is 1.95. The summed E-state index contributed by atoms with van der Waals surface area (Å²) in [6, 6.07) is 10.8. The maximum absolute atomic E-state index is 14.0. The van der Waals surface area contributed by atoms with Crippen LogP contribution in [-0.2, 0) is 13.2 Å². The summed E-state index contributed by atoms with van der Waals surface area (Å²) in [5.74, 6) is 0.928. The number of halogens is 1. The van der Waals surface area contributed by atoms with Gasteiger partial charge in [0.05, 0.1) is 7.11 Å². The van der Waals surface area contributed by atoms with Crippen molar-refractivity contribution in [1.29, 1.82) is 0 Å². The molecule has 0 bridgehead atoms. The van der Waals surface area contributed by atoms with Gasteiger partial charge in [0.15, 0.2) is 11.5 Å². The lowest BCUT2D eigenvalue weighted by Crippen LogP contribution is -2.05. The summed E-state index contributed by atoms with van der Waals surface area (Å²) < 4.78 is 24.9. The Morgan fingerprint density at radius 3 is 2.55 bits per heavy atom. The molecule has 0 aliphatic carbocycles. The Morgan fingerprint density at radius 2 is 1.85 bits per heavy atom. The van der Waals surface area contributed by atoms with E-state index in [1.807, 2.05) is 25.1 Å². The Morgan fingerprint density at radius 1 is 1.10 bits per heavy atom. The van der Waals surface area contributed by atoms with Crippen molar-refractivity contribution >= 4 is 0 Å². The van der Waals surface area contributed by atoms with Gasteiger partial charge in [0.25, 0.3) is 0 Å². The van der Waals surface area contributed by atoms with Gasteiger partial charge in [-0.3, -0.25) is 0 Å². The number of ether oxygens (including phenoxy) is 2. The topological polar surface area (TPSA) is 44.5 Å². The van der Waals surface area contributed by atoms with Crippen LogP contribution < -0.4 is 15.2 Å². The number of benzene rings is 2. The van der Waals surface area contributed by atoms with Gasteiger partial charge < -0.3 is 15.2 Å². The van der Waals surface area contributed by atoms with E-state index in [1.54, 1.807) is 25.3 Å². The van der Waals surface area contributed by atoms with Crippen LogP contribution >= 0.6 is 0 Å². The third kappa shape index (κ3) is 3.08. The van der Waals surface area contributed by atoms with E-state index in [-0.39, 0.29) is 19.0 Å². The van der Waals surface area contributed by atoms with E-state index in [0.717, 1.165) is 5.56 Å². The van der Waals surface area contributed by atoms with Crippen LogP contribution in [0.4, 0.5) is 4.39 Å². The average molecular weight is 275 g/mol. The second-order valence-corrected chi connectivity index (χ2v) is 4.54. The largest absolute Gasteiger partial charge is 0.493 e. The van der Waals surface area contributed by atoms with Crippen molar-refractivity contribution in [2.24, 2.45) is 5.73 Å². The van der Waals surface area contributed by atoms with Crippen molar-refractivity contribution in [3.63, 3.8) is 0 Å². The summed E-state index contributed by atoms with van der Waals surface area (Å²) in [6.45, 7) is 2.28. The van der Waals surface area contributed by atoms with Crippen LogP contribution in [0.2, 0.25) is 0 Å². The van der Waals surface area contributed by atoms with Gasteiger partial charge in [-0.1, -0.05) is 24.3 Å². The van der Waals surface area contributed by atoms with E-state index >= 15 is 0 Å². The maximum atomic E-state index is 14.0. The molecule has 2 rings (SSSR count). The van der Waals surface area contributed by atoms with Crippen molar-refractivity contribution in [1.82, 2.24) is 0 Å². The molecule has 0 saturated carbocycles. The number of aryl methyl sites for hydroxylation is 1. The molecule has 0 amide bonds. The molecular weight excluding hydrogens is 257 g/mol. The van der Waals surface area contributed by atoms with Crippen LogP contribution in [0.3, 0.4) is 0 Å². The summed E-state index contributed by atoms with van der Waals surface area (Å²) in [4.78, 5) is 0. The van der Waals surface area contributed by atoms with Crippen molar-refractivity contribution in [3.8, 4) is 11.5 Å². The quantitative estimate of drug-likeness (QED) is 0.911. The van der Waals surface area contributed by atoms with E-state index in [0.29, 0.717) is 22.6 Å². The van der Waals surface area contributed by atoms with Gasteiger partial charge in [0.1, 0.15) is 12.4 Å². The minimum atomic E-state index is -0.305. The van der Waals surface area contributed by atoms with Crippen LogP contribution in [0.1, 0.15) is 16.7 Å². The van der Waals surface area contributed by atoms with Gasteiger partial charge in [0, 0.05) is 17.7 Å². The number of hydrogen-bond donors (Lipinski definition) is 1. The average Bonchev–Trinajstić information content (AvgIpc) is 2.47. The highest BCUT2D eigenvalue weighted by Crippen LogP contribution is 2.28. The highest BCUT2D eigenvalue weighted by atomic mass is 19.1.